The van der Waals surface area contributed by atoms with Crippen molar-refractivity contribution in [2.75, 3.05) is 19.5 Å². The molecule has 9 heteroatoms. The van der Waals surface area contributed by atoms with Crippen LogP contribution in [0.2, 0.25) is 0 Å². The first kappa shape index (κ1) is 19.9. The Morgan fingerprint density at radius 3 is 2.66 bits per heavy atom. The van der Waals surface area contributed by atoms with E-state index in [0.29, 0.717) is 17.2 Å². The number of hydrogen-bond acceptors (Lipinski definition) is 7. The van der Waals surface area contributed by atoms with Crippen LogP contribution in [0.25, 0.3) is 0 Å². The van der Waals surface area contributed by atoms with Crippen LogP contribution in [0.4, 0.5) is 5.69 Å². The third-order valence-corrected chi connectivity index (χ3v) is 4.06. The molecular formula is C20H21N5O4. The van der Waals surface area contributed by atoms with E-state index >= 15 is 0 Å². The fourth-order valence-corrected chi connectivity index (χ4v) is 2.65. The van der Waals surface area contributed by atoms with Crippen molar-refractivity contribution < 1.29 is 19.1 Å². The standard InChI is InChI=1S/C20H21N5O4/c1-28-16-9-8-13(10-17(16)29-2)12-21-25-20-23-15(19(27)24-20)11-18(26)22-14-6-4-3-5-7-14/h3-10,12,15H,11H2,1-2H3,(H,22,26)(H2,23,24,25,27)/b21-12-/t15-/m1/s1. The Morgan fingerprint density at radius 2 is 1.93 bits per heavy atom. The number of carbonyl (C=O) groups is 2. The van der Waals surface area contributed by atoms with Gasteiger partial charge in [-0.25, -0.2) is 10.4 Å². The summed E-state index contributed by atoms with van der Waals surface area (Å²) >= 11 is 0. The van der Waals surface area contributed by atoms with Gasteiger partial charge in [-0.1, -0.05) is 18.2 Å². The molecule has 0 bridgehead atoms. The molecule has 3 rings (SSSR count). The second kappa shape index (κ2) is 9.36. The van der Waals surface area contributed by atoms with Gasteiger partial charge in [0, 0.05) is 5.69 Å². The van der Waals surface area contributed by atoms with Gasteiger partial charge in [-0.15, -0.1) is 0 Å². The van der Waals surface area contributed by atoms with E-state index in [4.69, 9.17) is 9.47 Å². The Morgan fingerprint density at radius 1 is 1.17 bits per heavy atom. The minimum absolute atomic E-state index is 0.0642. The van der Waals surface area contributed by atoms with E-state index in [1.54, 1.807) is 50.8 Å². The molecule has 1 aliphatic heterocycles. The number of hydrogen-bond donors (Lipinski definition) is 3. The topological polar surface area (TPSA) is 113 Å². The highest BCUT2D eigenvalue weighted by atomic mass is 16.5. The van der Waals surface area contributed by atoms with E-state index in [2.05, 4.69) is 26.2 Å². The maximum atomic E-state index is 12.1. The fraction of sp³-hybridized carbons (Fsp3) is 0.200. The molecule has 1 atom stereocenters. The quantitative estimate of drug-likeness (QED) is 0.486. The van der Waals surface area contributed by atoms with Gasteiger partial charge in [0.1, 0.15) is 6.04 Å². The van der Waals surface area contributed by atoms with Gasteiger partial charge in [-0.05, 0) is 35.9 Å². The lowest BCUT2D eigenvalue weighted by Gasteiger charge is -2.07. The third kappa shape index (κ3) is 5.32. The molecule has 0 radical (unpaired) electrons. The summed E-state index contributed by atoms with van der Waals surface area (Å²) in [7, 11) is 3.11. The van der Waals surface area contributed by atoms with Crippen LogP contribution < -0.4 is 25.5 Å². The van der Waals surface area contributed by atoms with Crippen molar-refractivity contribution in [2.24, 2.45) is 10.1 Å². The summed E-state index contributed by atoms with van der Waals surface area (Å²) in [6.45, 7) is 0. The van der Waals surface area contributed by atoms with Crippen molar-refractivity contribution in [1.82, 2.24) is 10.7 Å². The lowest BCUT2D eigenvalue weighted by molar-refractivity contribution is -0.123. The highest BCUT2D eigenvalue weighted by Crippen LogP contribution is 2.26. The molecule has 0 saturated carbocycles. The molecule has 0 fully saturated rings. The minimum atomic E-state index is -0.808. The number of guanidine groups is 1. The predicted octanol–water partition coefficient (Wildman–Crippen LogP) is 1.51. The summed E-state index contributed by atoms with van der Waals surface area (Å²) in [6.07, 6.45) is 1.48. The highest BCUT2D eigenvalue weighted by Gasteiger charge is 2.28. The zero-order chi connectivity index (χ0) is 20.6. The summed E-state index contributed by atoms with van der Waals surface area (Å²) in [5.41, 5.74) is 4.09. The second-order valence-corrected chi connectivity index (χ2v) is 6.09. The predicted molar refractivity (Wildman–Crippen MR) is 109 cm³/mol. The van der Waals surface area contributed by atoms with Gasteiger partial charge < -0.3 is 14.8 Å². The summed E-state index contributed by atoms with van der Waals surface area (Å²) in [5, 5.41) is 9.34. The van der Waals surface area contributed by atoms with Crippen molar-refractivity contribution in [3.63, 3.8) is 0 Å². The maximum Gasteiger partial charge on any atom is 0.252 e. The minimum Gasteiger partial charge on any atom is -0.493 e. The first-order chi connectivity index (χ1) is 14.1. The summed E-state index contributed by atoms with van der Waals surface area (Å²) < 4.78 is 10.4. The number of rotatable bonds is 7. The molecule has 0 unspecified atom stereocenters. The SMILES string of the molecule is COc1ccc(/C=N\NC2=N[C@H](CC(=O)Nc3ccccc3)C(=O)N2)cc1OC. The molecule has 1 aliphatic rings. The Hall–Kier alpha value is -3.88. The Kier molecular flexibility index (Phi) is 6.41. The van der Waals surface area contributed by atoms with Crippen LogP contribution >= 0.6 is 0 Å². The largest absolute Gasteiger partial charge is 0.493 e. The van der Waals surface area contributed by atoms with Gasteiger partial charge in [-0.2, -0.15) is 5.10 Å². The van der Waals surface area contributed by atoms with Crippen molar-refractivity contribution in [2.45, 2.75) is 12.5 Å². The van der Waals surface area contributed by atoms with E-state index in [0.717, 1.165) is 5.56 Å². The second-order valence-electron chi connectivity index (χ2n) is 6.09. The Balaban J connectivity index is 1.56. The molecule has 9 nitrogen and oxygen atoms in total. The van der Waals surface area contributed by atoms with E-state index in [-0.39, 0.29) is 24.2 Å². The van der Waals surface area contributed by atoms with Crippen LogP contribution in [0.1, 0.15) is 12.0 Å². The van der Waals surface area contributed by atoms with Gasteiger partial charge >= 0.3 is 0 Å². The van der Waals surface area contributed by atoms with E-state index in [1.165, 1.54) is 0 Å². The molecular weight excluding hydrogens is 374 g/mol. The van der Waals surface area contributed by atoms with Crippen LogP contribution in [0.5, 0.6) is 11.5 Å². The van der Waals surface area contributed by atoms with Gasteiger partial charge in [0.15, 0.2) is 11.5 Å². The van der Waals surface area contributed by atoms with E-state index < -0.39 is 6.04 Å². The van der Waals surface area contributed by atoms with Gasteiger partial charge in [0.25, 0.3) is 5.91 Å². The number of anilines is 1. The van der Waals surface area contributed by atoms with Crippen LogP contribution in [0, 0.1) is 0 Å². The van der Waals surface area contributed by atoms with Crippen LogP contribution in [-0.2, 0) is 9.59 Å². The molecule has 0 aromatic heterocycles. The normalized spacial score (nSPS) is 15.6. The Labute approximate surface area is 167 Å². The lowest BCUT2D eigenvalue weighted by Crippen LogP contribution is -2.35. The molecule has 0 aliphatic carbocycles. The number of para-hydroxylation sites is 1. The third-order valence-electron chi connectivity index (χ3n) is 4.06. The number of ether oxygens (including phenoxy) is 2. The molecule has 2 aromatic carbocycles. The van der Waals surface area contributed by atoms with Crippen LogP contribution in [-0.4, -0.2) is 44.2 Å². The van der Waals surface area contributed by atoms with Gasteiger partial charge in [-0.3, -0.25) is 14.9 Å². The van der Waals surface area contributed by atoms with Crippen molar-refractivity contribution in [1.29, 1.82) is 0 Å². The first-order valence-electron chi connectivity index (χ1n) is 8.83. The average Bonchev–Trinajstić information content (AvgIpc) is 3.07. The molecule has 2 amide bonds. The zero-order valence-corrected chi connectivity index (χ0v) is 16.0. The number of hydrazone groups is 1. The molecule has 3 N–H and O–H groups in total. The average molecular weight is 395 g/mol. The molecule has 29 heavy (non-hydrogen) atoms. The summed E-state index contributed by atoms with van der Waals surface area (Å²) in [4.78, 5) is 28.3. The number of nitrogens with one attached hydrogen (secondary N) is 3. The van der Waals surface area contributed by atoms with Gasteiger partial charge in [0.05, 0.1) is 26.9 Å². The van der Waals surface area contributed by atoms with E-state index in [1.807, 2.05) is 18.2 Å². The Bertz CT molecular complexity index is 943. The van der Waals surface area contributed by atoms with Crippen molar-refractivity contribution in [3.05, 3.63) is 54.1 Å². The molecule has 0 spiro atoms. The number of benzene rings is 2. The first-order valence-corrected chi connectivity index (χ1v) is 8.83. The number of amides is 2. The van der Waals surface area contributed by atoms with Crippen LogP contribution in [0.3, 0.4) is 0 Å². The number of carbonyl (C=O) groups excluding carboxylic acids is 2. The molecule has 2 aromatic rings. The number of aliphatic imine (C=N–C) groups is 1. The van der Waals surface area contributed by atoms with Crippen molar-refractivity contribution in [3.8, 4) is 11.5 Å². The molecule has 0 saturated heterocycles. The monoisotopic (exact) mass is 395 g/mol. The highest BCUT2D eigenvalue weighted by molar-refractivity contribution is 6.07. The van der Waals surface area contributed by atoms with Crippen LogP contribution in [0.15, 0.2) is 58.6 Å². The smallest absolute Gasteiger partial charge is 0.252 e. The molecule has 150 valence electrons. The van der Waals surface area contributed by atoms with Gasteiger partial charge in [0.2, 0.25) is 11.9 Å². The summed E-state index contributed by atoms with van der Waals surface area (Å²) in [5.74, 6) is 0.713. The number of nitrogens with zero attached hydrogens (tertiary/aromatic N) is 2. The molecule has 1 heterocycles. The lowest BCUT2D eigenvalue weighted by atomic mass is 10.2. The van der Waals surface area contributed by atoms with Crippen molar-refractivity contribution >= 4 is 29.7 Å². The van der Waals surface area contributed by atoms with E-state index in [9.17, 15) is 9.59 Å². The number of methoxy groups -OCH3 is 2. The maximum absolute atomic E-state index is 12.1. The summed E-state index contributed by atoms with van der Waals surface area (Å²) in [6, 6.07) is 13.5. The zero-order valence-electron chi connectivity index (χ0n) is 16.0. The fourth-order valence-electron chi connectivity index (χ4n) is 2.65.